The molecule has 5 nitrogen and oxygen atoms in total. The lowest BCUT2D eigenvalue weighted by Gasteiger charge is -2.45. The monoisotopic (exact) mass is 328 g/mol. The van der Waals surface area contributed by atoms with E-state index >= 15 is 0 Å². The van der Waals surface area contributed by atoms with Gasteiger partial charge < -0.3 is 4.52 Å². The second kappa shape index (κ2) is 7.45. The van der Waals surface area contributed by atoms with Gasteiger partial charge in [0.1, 0.15) is 0 Å². The maximum absolute atomic E-state index is 5.09. The normalized spacial score (nSPS) is 25.3. The molecule has 2 aromatic rings. The molecule has 0 spiro atoms. The number of likely N-dealkylation sites (tertiary alicyclic amines) is 1. The van der Waals surface area contributed by atoms with E-state index in [1.165, 1.54) is 5.56 Å². The Hall–Kier alpha value is -1.72. The molecule has 1 saturated heterocycles. The first kappa shape index (κ1) is 17.1. The highest BCUT2D eigenvalue weighted by Crippen LogP contribution is 2.27. The fourth-order valence-corrected chi connectivity index (χ4v) is 4.24. The average molecular weight is 328 g/mol. The van der Waals surface area contributed by atoms with E-state index in [2.05, 4.69) is 71.2 Å². The van der Waals surface area contributed by atoms with Crippen LogP contribution in [0.5, 0.6) is 0 Å². The van der Waals surface area contributed by atoms with Crippen LogP contribution in [-0.2, 0) is 13.1 Å². The van der Waals surface area contributed by atoms with Crippen molar-refractivity contribution in [3.8, 4) is 0 Å². The highest BCUT2D eigenvalue weighted by molar-refractivity contribution is 5.14. The second-order valence-electron chi connectivity index (χ2n) is 7.27. The van der Waals surface area contributed by atoms with Crippen LogP contribution in [0.1, 0.15) is 31.1 Å². The number of aryl methyl sites for hydroxylation is 1. The van der Waals surface area contributed by atoms with Gasteiger partial charge >= 0.3 is 0 Å². The zero-order chi connectivity index (χ0) is 17.1. The molecule has 0 saturated carbocycles. The molecule has 0 amide bonds. The lowest BCUT2D eigenvalue weighted by Crippen LogP contribution is -2.53. The molecule has 0 aliphatic carbocycles. The molecule has 2 unspecified atom stereocenters. The third-order valence-electron chi connectivity index (χ3n) is 4.98. The van der Waals surface area contributed by atoms with Gasteiger partial charge in [0.15, 0.2) is 5.82 Å². The van der Waals surface area contributed by atoms with Gasteiger partial charge in [-0.3, -0.25) is 9.80 Å². The van der Waals surface area contributed by atoms with Crippen LogP contribution in [0.4, 0.5) is 0 Å². The van der Waals surface area contributed by atoms with E-state index in [4.69, 9.17) is 4.52 Å². The van der Waals surface area contributed by atoms with Gasteiger partial charge in [0, 0.05) is 32.6 Å². The minimum absolute atomic E-state index is 0.538. The Morgan fingerprint density at radius 2 is 1.83 bits per heavy atom. The van der Waals surface area contributed by atoms with Crippen molar-refractivity contribution in [2.45, 2.75) is 39.9 Å². The number of hydrogen-bond donors (Lipinski definition) is 0. The van der Waals surface area contributed by atoms with Gasteiger partial charge in [0.2, 0.25) is 5.89 Å². The number of hydrogen-bond acceptors (Lipinski definition) is 5. The Labute approximate surface area is 144 Å². The minimum Gasteiger partial charge on any atom is -0.340 e. The van der Waals surface area contributed by atoms with Crippen LogP contribution in [0.15, 0.2) is 34.9 Å². The summed E-state index contributed by atoms with van der Waals surface area (Å²) in [5.74, 6) is 2.63. The Bertz CT molecular complexity index is 630. The lowest BCUT2D eigenvalue weighted by molar-refractivity contribution is 0.0277. The van der Waals surface area contributed by atoms with Gasteiger partial charge in [-0.1, -0.05) is 49.3 Å². The van der Waals surface area contributed by atoms with Gasteiger partial charge in [0.05, 0.1) is 6.54 Å². The topological polar surface area (TPSA) is 45.4 Å². The van der Waals surface area contributed by atoms with Crippen molar-refractivity contribution in [1.29, 1.82) is 0 Å². The first-order valence-electron chi connectivity index (χ1n) is 8.78. The van der Waals surface area contributed by atoms with E-state index in [-0.39, 0.29) is 0 Å². The summed E-state index contributed by atoms with van der Waals surface area (Å²) in [6.07, 6.45) is 0. The molecule has 1 aromatic carbocycles. The van der Waals surface area contributed by atoms with Gasteiger partial charge in [-0.2, -0.15) is 4.98 Å². The van der Waals surface area contributed by atoms with Crippen molar-refractivity contribution >= 4 is 0 Å². The number of rotatable bonds is 5. The van der Waals surface area contributed by atoms with Crippen molar-refractivity contribution in [1.82, 2.24) is 19.9 Å². The highest BCUT2D eigenvalue weighted by Gasteiger charge is 2.34. The molecule has 24 heavy (non-hydrogen) atoms. The van der Waals surface area contributed by atoms with Crippen LogP contribution in [0.3, 0.4) is 0 Å². The number of benzene rings is 1. The van der Waals surface area contributed by atoms with Crippen LogP contribution in [0.25, 0.3) is 0 Å². The zero-order valence-electron chi connectivity index (χ0n) is 15.1. The second-order valence-corrected chi connectivity index (χ2v) is 7.27. The van der Waals surface area contributed by atoms with Gasteiger partial charge in [-0.15, -0.1) is 0 Å². The third kappa shape index (κ3) is 4.02. The van der Waals surface area contributed by atoms with Crippen LogP contribution in [0.2, 0.25) is 0 Å². The molecule has 0 N–H and O–H groups in total. The predicted molar refractivity (Wildman–Crippen MR) is 94.3 cm³/mol. The quantitative estimate of drug-likeness (QED) is 0.844. The summed E-state index contributed by atoms with van der Waals surface area (Å²) < 4.78 is 5.09. The summed E-state index contributed by atoms with van der Waals surface area (Å²) in [6, 6.07) is 11.3. The van der Waals surface area contributed by atoms with Crippen molar-refractivity contribution in [2.24, 2.45) is 11.8 Å². The van der Waals surface area contributed by atoms with E-state index < -0.39 is 0 Å². The Balaban J connectivity index is 1.60. The summed E-state index contributed by atoms with van der Waals surface area (Å²) >= 11 is 0. The maximum Gasteiger partial charge on any atom is 0.223 e. The molecule has 1 aromatic heterocycles. The van der Waals surface area contributed by atoms with E-state index in [9.17, 15) is 0 Å². The van der Waals surface area contributed by atoms with Gasteiger partial charge in [-0.05, 0) is 24.4 Å². The first-order valence-corrected chi connectivity index (χ1v) is 8.78. The Morgan fingerprint density at radius 3 is 2.42 bits per heavy atom. The van der Waals surface area contributed by atoms with Crippen LogP contribution < -0.4 is 0 Å². The fraction of sp³-hybridized carbons (Fsp3) is 0.579. The van der Waals surface area contributed by atoms with Crippen LogP contribution in [0, 0.1) is 18.8 Å². The van der Waals surface area contributed by atoms with E-state index in [0.29, 0.717) is 23.8 Å². The number of nitrogens with zero attached hydrogens (tertiary/aromatic N) is 4. The molecule has 1 aliphatic heterocycles. The Morgan fingerprint density at radius 1 is 1.17 bits per heavy atom. The molecule has 5 heteroatoms. The summed E-state index contributed by atoms with van der Waals surface area (Å²) in [4.78, 5) is 9.30. The van der Waals surface area contributed by atoms with Crippen LogP contribution >= 0.6 is 0 Å². The SMILES string of the molecule is Cc1nc(CN(C)C2C(C)CN(Cc3ccccc3)CC2C)no1. The van der Waals surface area contributed by atoms with E-state index in [0.717, 1.165) is 32.0 Å². The average Bonchev–Trinajstić information content (AvgIpc) is 2.92. The smallest absolute Gasteiger partial charge is 0.223 e. The summed E-state index contributed by atoms with van der Waals surface area (Å²) in [7, 11) is 2.18. The van der Waals surface area contributed by atoms with Gasteiger partial charge in [-0.25, -0.2) is 0 Å². The first-order chi connectivity index (χ1) is 11.5. The molecule has 2 heterocycles. The van der Waals surface area contributed by atoms with Crippen LogP contribution in [-0.4, -0.2) is 46.1 Å². The lowest BCUT2D eigenvalue weighted by atomic mass is 9.84. The Kier molecular flexibility index (Phi) is 5.31. The van der Waals surface area contributed by atoms with Crippen molar-refractivity contribution in [3.05, 3.63) is 47.6 Å². The molecule has 2 atom stereocenters. The number of aromatic nitrogens is 2. The summed E-state index contributed by atoms with van der Waals surface area (Å²) in [6.45, 7) is 10.6. The molecule has 3 rings (SSSR count). The molecular formula is C19H28N4O. The highest BCUT2D eigenvalue weighted by atomic mass is 16.5. The largest absolute Gasteiger partial charge is 0.340 e. The van der Waals surface area contributed by atoms with E-state index in [1.807, 2.05) is 6.92 Å². The molecule has 0 radical (unpaired) electrons. The summed E-state index contributed by atoms with van der Waals surface area (Å²) in [5, 5.41) is 4.03. The zero-order valence-corrected chi connectivity index (χ0v) is 15.1. The van der Waals surface area contributed by atoms with Crippen molar-refractivity contribution < 1.29 is 4.52 Å². The van der Waals surface area contributed by atoms with Crippen molar-refractivity contribution in [2.75, 3.05) is 20.1 Å². The minimum atomic E-state index is 0.538. The summed E-state index contributed by atoms with van der Waals surface area (Å²) in [5.41, 5.74) is 1.39. The predicted octanol–water partition coefficient (Wildman–Crippen LogP) is 2.97. The van der Waals surface area contributed by atoms with Gasteiger partial charge in [0.25, 0.3) is 0 Å². The van der Waals surface area contributed by atoms with Crippen molar-refractivity contribution in [3.63, 3.8) is 0 Å². The maximum atomic E-state index is 5.09. The molecule has 1 aliphatic rings. The molecule has 1 fully saturated rings. The molecular weight excluding hydrogens is 300 g/mol. The number of piperidine rings is 1. The third-order valence-corrected chi connectivity index (χ3v) is 4.98. The molecule has 0 bridgehead atoms. The van der Waals surface area contributed by atoms with E-state index in [1.54, 1.807) is 0 Å². The molecule has 130 valence electrons. The standard InChI is InChI=1S/C19H28N4O/c1-14-10-23(12-17-8-6-5-7-9-17)11-15(2)19(14)22(4)13-18-20-16(3)24-21-18/h5-9,14-15,19H,10-13H2,1-4H3. The fourth-order valence-electron chi connectivity index (χ4n) is 4.24.